The van der Waals surface area contributed by atoms with Crippen LogP contribution in [0.5, 0.6) is 5.75 Å². The van der Waals surface area contributed by atoms with Gasteiger partial charge in [-0.3, -0.25) is 9.59 Å². The number of hydrogen-bond donors (Lipinski definition) is 1. The smallest absolute Gasteiger partial charge is 0.257 e. The molecule has 2 heterocycles. The molecule has 1 atom stereocenters. The fourth-order valence-electron chi connectivity index (χ4n) is 4.00. The van der Waals surface area contributed by atoms with E-state index in [4.69, 9.17) is 9.15 Å². The van der Waals surface area contributed by atoms with E-state index >= 15 is 0 Å². The number of carbonyl (C=O) groups is 2. The Bertz CT molecular complexity index is 1030. The molecule has 1 fully saturated rings. The molecule has 0 spiro atoms. The van der Waals surface area contributed by atoms with Crippen LogP contribution in [0.1, 0.15) is 34.3 Å². The molecule has 4 rings (SSSR count). The first kappa shape index (κ1) is 20.7. The van der Waals surface area contributed by atoms with E-state index in [2.05, 4.69) is 17.4 Å². The number of benzene rings is 2. The minimum atomic E-state index is -0.246. The van der Waals surface area contributed by atoms with Crippen LogP contribution in [-0.2, 0) is 11.2 Å². The van der Waals surface area contributed by atoms with E-state index in [0.717, 1.165) is 29.8 Å². The second-order valence-corrected chi connectivity index (χ2v) is 7.78. The molecular formula is C25H26N2O4. The highest BCUT2D eigenvalue weighted by molar-refractivity contribution is 5.96. The van der Waals surface area contributed by atoms with E-state index in [0.29, 0.717) is 25.1 Å². The summed E-state index contributed by atoms with van der Waals surface area (Å²) < 4.78 is 10.5. The molecule has 6 heteroatoms. The summed E-state index contributed by atoms with van der Waals surface area (Å²) in [6.07, 6.45) is 5.19. The van der Waals surface area contributed by atoms with Crippen molar-refractivity contribution in [2.24, 2.45) is 5.92 Å². The monoisotopic (exact) mass is 418 g/mol. The van der Waals surface area contributed by atoms with Crippen LogP contribution >= 0.6 is 0 Å². The number of ether oxygens (including phenoxy) is 1. The number of likely N-dealkylation sites (tertiary alicyclic amines) is 1. The molecule has 6 nitrogen and oxygen atoms in total. The number of furan rings is 1. The molecule has 1 N–H and O–H groups in total. The van der Waals surface area contributed by atoms with Gasteiger partial charge in [0.1, 0.15) is 12.0 Å². The van der Waals surface area contributed by atoms with Crippen LogP contribution in [0.25, 0.3) is 0 Å². The third kappa shape index (κ3) is 4.97. The zero-order chi connectivity index (χ0) is 21.6. The molecule has 0 radical (unpaired) electrons. The third-order valence-corrected chi connectivity index (χ3v) is 5.63. The van der Waals surface area contributed by atoms with E-state index in [-0.39, 0.29) is 17.7 Å². The van der Waals surface area contributed by atoms with Crippen molar-refractivity contribution in [1.82, 2.24) is 4.90 Å². The van der Waals surface area contributed by atoms with Crippen molar-refractivity contribution in [3.63, 3.8) is 0 Å². The lowest BCUT2D eigenvalue weighted by molar-refractivity contribution is -0.121. The van der Waals surface area contributed by atoms with Gasteiger partial charge in [0.05, 0.1) is 24.9 Å². The number of anilines is 1. The van der Waals surface area contributed by atoms with Gasteiger partial charge in [-0.1, -0.05) is 30.3 Å². The van der Waals surface area contributed by atoms with Gasteiger partial charge in [0.2, 0.25) is 5.91 Å². The first-order chi connectivity index (χ1) is 15.1. The van der Waals surface area contributed by atoms with Gasteiger partial charge in [-0.15, -0.1) is 0 Å². The first-order valence-corrected chi connectivity index (χ1v) is 10.5. The second kappa shape index (κ2) is 9.51. The Balaban J connectivity index is 1.44. The van der Waals surface area contributed by atoms with Crippen LogP contribution in [0.4, 0.5) is 5.69 Å². The molecule has 3 aromatic rings. The molecule has 1 unspecified atom stereocenters. The van der Waals surface area contributed by atoms with E-state index in [9.17, 15) is 9.59 Å². The van der Waals surface area contributed by atoms with Gasteiger partial charge in [-0.05, 0) is 42.7 Å². The summed E-state index contributed by atoms with van der Waals surface area (Å²) in [5.41, 5.74) is 3.42. The first-order valence-electron chi connectivity index (χ1n) is 10.5. The van der Waals surface area contributed by atoms with Crippen molar-refractivity contribution in [2.45, 2.75) is 19.3 Å². The van der Waals surface area contributed by atoms with Crippen molar-refractivity contribution in [1.29, 1.82) is 0 Å². The van der Waals surface area contributed by atoms with E-state index in [1.807, 2.05) is 36.4 Å². The Morgan fingerprint density at radius 2 is 2.00 bits per heavy atom. The topological polar surface area (TPSA) is 71.8 Å². The van der Waals surface area contributed by atoms with E-state index in [1.54, 1.807) is 18.1 Å². The fourth-order valence-corrected chi connectivity index (χ4v) is 4.00. The molecule has 1 aliphatic heterocycles. The number of rotatable bonds is 6. The maximum absolute atomic E-state index is 12.9. The fraction of sp³-hybridized carbons (Fsp3) is 0.280. The summed E-state index contributed by atoms with van der Waals surface area (Å²) in [4.78, 5) is 27.3. The van der Waals surface area contributed by atoms with Gasteiger partial charge in [0.25, 0.3) is 5.91 Å². The Morgan fingerprint density at radius 1 is 1.16 bits per heavy atom. The van der Waals surface area contributed by atoms with Crippen LogP contribution in [0.2, 0.25) is 0 Å². The van der Waals surface area contributed by atoms with E-state index < -0.39 is 0 Å². The van der Waals surface area contributed by atoms with Crippen LogP contribution in [-0.4, -0.2) is 36.9 Å². The SMILES string of the molecule is COc1ccc(NC(=O)C2CCCN(C(=O)c3ccoc3)C2)cc1Cc1ccccc1. The summed E-state index contributed by atoms with van der Waals surface area (Å²) in [5.74, 6) is 0.377. The number of hydrogen-bond acceptors (Lipinski definition) is 4. The molecule has 0 aliphatic carbocycles. The average Bonchev–Trinajstić information content (AvgIpc) is 3.34. The van der Waals surface area contributed by atoms with Gasteiger partial charge in [0.15, 0.2) is 0 Å². The summed E-state index contributed by atoms with van der Waals surface area (Å²) in [6, 6.07) is 17.5. The highest BCUT2D eigenvalue weighted by atomic mass is 16.5. The molecule has 160 valence electrons. The third-order valence-electron chi connectivity index (χ3n) is 5.63. The Hall–Kier alpha value is -3.54. The molecule has 0 saturated carbocycles. The molecule has 2 amide bonds. The van der Waals surface area contributed by atoms with Crippen LogP contribution in [0.15, 0.2) is 71.5 Å². The largest absolute Gasteiger partial charge is 0.496 e. The Labute approximate surface area is 181 Å². The maximum Gasteiger partial charge on any atom is 0.257 e. The summed E-state index contributed by atoms with van der Waals surface area (Å²) in [5, 5.41) is 3.03. The highest BCUT2D eigenvalue weighted by Crippen LogP contribution is 2.27. The quantitative estimate of drug-likeness (QED) is 0.645. The predicted molar refractivity (Wildman–Crippen MR) is 118 cm³/mol. The second-order valence-electron chi connectivity index (χ2n) is 7.78. The molecular weight excluding hydrogens is 392 g/mol. The zero-order valence-corrected chi connectivity index (χ0v) is 17.5. The van der Waals surface area contributed by atoms with Crippen LogP contribution in [0.3, 0.4) is 0 Å². The molecule has 1 aromatic heterocycles. The summed E-state index contributed by atoms with van der Waals surface area (Å²) in [6.45, 7) is 1.06. The lowest BCUT2D eigenvalue weighted by Crippen LogP contribution is -2.43. The molecule has 2 aromatic carbocycles. The summed E-state index contributed by atoms with van der Waals surface area (Å²) >= 11 is 0. The van der Waals surface area contributed by atoms with Crippen molar-refractivity contribution >= 4 is 17.5 Å². The van der Waals surface area contributed by atoms with Crippen molar-refractivity contribution in [3.8, 4) is 5.75 Å². The van der Waals surface area contributed by atoms with Gasteiger partial charge in [0, 0.05) is 30.8 Å². The molecule has 1 saturated heterocycles. The molecule has 0 bridgehead atoms. The van der Waals surface area contributed by atoms with Gasteiger partial charge >= 0.3 is 0 Å². The van der Waals surface area contributed by atoms with Gasteiger partial charge in [-0.25, -0.2) is 0 Å². The van der Waals surface area contributed by atoms with Gasteiger partial charge < -0.3 is 19.4 Å². The van der Waals surface area contributed by atoms with Crippen molar-refractivity contribution < 1.29 is 18.7 Å². The molecule has 1 aliphatic rings. The number of carbonyl (C=O) groups excluding carboxylic acids is 2. The lowest BCUT2D eigenvalue weighted by atomic mass is 9.96. The minimum Gasteiger partial charge on any atom is -0.496 e. The zero-order valence-electron chi connectivity index (χ0n) is 17.5. The number of amides is 2. The highest BCUT2D eigenvalue weighted by Gasteiger charge is 2.29. The van der Waals surface area contributed by atoms with Crippen molar-refractivity contribution in [3.05, 3.63) is 83.8 Å². The van der Waals surface area contributed by atoms with Crippen LogP contribution in [0, 0.1) is 5.92 Å². The predicted octanol–water partition coefficient (Wildman–Crippen LogP) is 4.37. The maximum atomic E-state index is 12.9. The van der Waals surface area contributed by atoms with Crippen molar-refractivity contribution in [2.75, 3.05) is 25.5 Å². The van der Waals surface area contributed by atoms with Gasteiger partial charge in [-0.2, -0.15) is 0 Å². The standard InChI is InChI=1S/C25H26N2O4/c1-30-23-10-9-22(15-21(23)14-18-6-3-2-4-7-18)26-24(28)19-8-5-12-27(16-19)25(29)20-11-13-31-17-20/h2-4,6-7,9-11,13,15,17,19H,5,8,12,14,16H2,1H3,(H,26,28). The number of piperidine rings is 1. The number of methoxy groups -OCH3 is 1. The molecule has 31 heavy (non-hydrogen) atoms. The average molecular weight is 418 g/mol. The number of nitrogens with one attached hydrogen (secondary N) is 1. The van der Waals surface area contributed by atoms with Crippen LogP contribution < -0.4 is 10.1 Å². The van der Waals surface area contributed by atoms with E-state index in [1.165, 1.54) is 18.1 Å². The number of nitrogens with zero attached hydrogens (tertiary/aromatic N) is 1. The Morgan fingerprint density at radius 3 is 2.74 bits per heavy atom. The minimum absolute atomic E-state index is 0.0690. The Kier molecular flexibility index (Phi) is 6.36. The normalized spacial score (nSPS) is 16.0. The lowest BCUT2D eigenvalue weighted by Gasteiger charge is -2.31. The summed E-state index contributed by atoms with van der Waals surface area (Å²) in [7, 11) is 1.65.